The van der Waals surface area contributed by atoms with Gasteiger partial charge in [0.2, 0.25) is 0 Å². The molecule has 1 rings (SSSR count). The van der Waals surface area contributed by atoms with E-state index in [4.69, 9.17) is 5.11 Å². The molecule has 1 atom stereocenters. The van der Waals surface area contributed by atoms with Crippen molar-refractivity contribution >= 4 is 12.0 Å². The Morgan fingerprint density at radius 2 is 1.93 bits per heavy atom. The number of aliphatic carboxylic acids is 1. The van der Waals surface area contributed by atoms with Gasteiger partial charge in [-0.05, 0) is 25.7 Å². The van der Waals surface area contributed by atoms with Crippen molar-refractivity contribution in [2.45, 2.75) is 38.6 Å². The molecule has 0 saturated carbocycles. The van der Waals surface area contributed by atoms with Crippen molar-refractivity contribution in [3.63, 3.8) is 0 Å². The first kappa shape index (κ1) is 11.8. The van der Waals surface area contributed by atoms with E-state index in [0.717, 1.165) is 32.4 Å². The van der Waals surface area contributed by atoms with Crippen LogP contribution in [0.2, 0.25) is 0 Å². The summed E-state index contributed by atoms with van der Waals surface area (Å²) >= 11 is 0. The topological polar surface area (TPSA) is 69.6 Å². The number of nitrogens with zero attached hydrogens (tertiary/aromatic N) is 1. The maximum atomic E-state index is 11.6. The second-order valence-corrected chi connectivity index (χ2v) is 3.80. The second kappa shape index (κ2) is 5.58. The van der Waals surface area contributed by atoms with Crippen LogP contribution in [0.4, 0.5) is 4.79 Å². The van der Waals surface area contributed by atoms with Crippen LogP contribution in [0.25, 0.3) is 0 Å². The van der Waals surface area contributed by atoms with Crippen LogP contribution in [0, 0.1) is 0 Å². The van der Waals surface area contributed by atoms with E-state index >= 15 is 0 Å². The van der Waals surface area contributed by atoms with E-state index in [0.29, 0.717) is 6.42 Å². The summed E-state index contributed by atoms with van der Waals surface area (Å²) in [5.41, 5.74) is 0. The molecule has 5 heteroatoms. The predicted octanol–water partition coefficient (Wildman–Crippen LogP) is 1.05. The summed E-state index contributed by atoms with van der Waals surface area (Å²) in [5.74, 6) is -0.970. The fourth-order valence-corrected chi connectivity index (χ4v) is 1.68. The first-order valence-electron chi connectivity index (χ1n) is 5.43. The number of piperidine rings is 1. The Balaban J connectivity index is 2.42. The molecule has 0 aliphatic carbocycles. The first-order valence-corrected chi connectivity index (χ1v) is 5.43. The molecule has 0 spiro atoms. The molecule has 5 nitrogen and oxygen atoms in total. The van der Waals surface area contributed by atoms with Gasteiger partial charge in [-0.15, -0.1) is 0 Å². The van der Waals surface area contributed by atoms with Gasteiger partial charge in [0.05, 0.1) is 0 Å². The molecule has 0 bridgehead atoms. The van der Waals surface area contributed by atoms with Crippen LogP contribution in [0.3, 0.4) is 0 Å². The average molecular weight is 214 g/mol. The molecule has 2 N–H and O–H groups in total. The van der Waals surface area contributed by atoms with Gasteiger partial charge in [-0.25, -0.2) is 9.59 Å². The number of carboxylic acids is 1. The lowest BCUT2D eigenvalue weighted by atomic mass is 10.1. The quantitative estimate of drug-likeness (QED) is 0.737. The van der Waals surface area contributed by atoms with Gasteiger partial charge in [-0.3, -0.25) is 0 Å². The Morgan fingerprint density at radius 3 is 2.40 bits per heavy atom. The fourth-order valence-electron chi connectivity index (χ4n) is 1.68. The van der Waals surface area contributed by atoms with Crippen LogP contribution >= 0.6 is 0 Å². The highest BCUT2D eigenvalue weighted by molar-refractivity contribution is 5.82. The van der Waals surface area contributed by atoms with E-state index in [1.165, 1.54) is 0 Å². The summed E-state index contributed by atoms with van der Waals surface area (Å²) in [4.78, 5) is 24.0. The van der Waals surface area contributed by atoms with Gasteiger partial charge in [0.25, 0.3) is 0 Å². The third kappa shape index (κ3) is 3.42. The molecule has 1 heterocycles. The Morgan fingerprint density at radius 1 is 1.33 bits per heavy atom. The largest absolute Gasteiger partial charge is 0.480 e. The van der Waals surface area contributed by atoms with Crippen molar-refractivity contribution in [2.75, 3.05) is 13.1 Å². The van der Waals surface area contributed by atoms with Crippen molar-refractivity contribution in [3.8, 4) is 0 Å². The maximum Gasteiger partial charge on any atom is 0.326 e. The van der Waals surface area contributed by atoms with E-state index in [-0.39, 0.29) is 6.03 Å². The molecule has 0 aromatic rings. The molecule has 0 radical (unpaired) electrons. The standard InChI is InChI=1S/C10H18N2O3/c1-2-8(9(13)14)11-10(15)12-6-4-3-5-7-12/h8H,2-7H2,1H3,(H,11,15)(H,13,14)/t8-/m1/s1. The lowest BCUT2D eigenvalue weighted by Crippen LogP contribution is -2.49. The third-order valence-corrected chi connectivity index (χ3v) is 2.65. The van der Waals surface area contributed by atoms with E-state index < -0.39 is 12.0 Å². The Kier molecular flexibility index (Phi) is 4.39. The van der Waals surface area contributed by atoms with Gasteiger partial charge in [0.15, 0.2) is 0 Å². The minimum absolute atomic E-state index is 0.246. The number of hydrogen-bond acceptors (Lipinski definition) is 2. The smallest absolute Gasteiger partial charge is 0.326 e. The predicted molar refractivity (Wildman–Crippen MR) is 55.7 cm³/mol. The summed E-state index contributed by atoms with van der Waals surface area (Å²) in [6.45, 7) is 3.22. The molecule has 86 valence electrons. The number of carbonyl (C=O) groups is 2. The highest BCUT2D eigenvalue weighted by Gasteiger charge is 2.22. The van der Waals surface area contributed by atoms with Crippen molar-refractivity contribution in [1.29, 1.82) is 0 Å². The molecule has 0 aromatic heterocycles. The summed E-state index contributed by atoms with van der Waals surface area (Å²) in [7, 11) is 0. The average Bonchev–Trinajstić information content (AvgIpc) is 2.26. The van der Waals surface area contributed by atoms with Crippen LogP contribution in [-0.2, 0) is 4.79 Å². The number of hydrogen-bond donors (Lipinski definition) is 2. The van der Waals surface area contributed by atoms with Gasteiger partial charge in [-0.1, -0.05) is 6.92 Å². The zero-order chi connectivity index (χ0) is 11.3. The summed E-state index contributed by atoms with van der Waals surface area (Å²) in [6.07, 6.45) is 3.59. The van der Waals surface area contributed by atoms with Crippen LogP contribution in [0.1, 0.15) is 32.6 Å². The molecule has 0 unspecified atom stereocenters. The van der Waals surface area contributed by atoms with E-state index in [1.807, 2.05) is 0 Å². The van der Waals surface area contributed by atoms with Crippen molar-refractivity contribution in [3.05, 3.63) is 0 Å². The Labute approximate surface area is 89.4 Å². The normalized spacial score (nSPS) is 18.3. The minimum atomic E-state index is -0.970. The van der Waals surface area contributed by atoms with Crippen LogP contribution in [-0.4, -0.2) is 41.1 Å². The molecule has 1 fully saturated rings. The van der Waals surface area contributed by atoms with Gasteiger partial charge in [0, 0.05) is 13.1 Å². The monoisotopic (exact) mass is 214 g/mol. The van der Waals surface area contributed by atoms with Crippen LogP contribution in [0.5, 0.6) is 0 Å². The third-order valence-electron chi connectivity index (χ3n) is 2.65. The first-order chi connectivity index (χ1) is 7.15. The molecule has 2 amide bonds. The SMILES string of the molecule is CC[C@@H](NC(=O)N1CCCCC1)C(=O)O. The number of rotatable bonds is 3. The van der Waals surface area contributed by atoms with Gasteiger partial charge >= 0.3 is 12.0 Å². The van der Waals surface area contributed by atoms with E-state index in [1.54, 1.807) is 11.8 Å². The molecule has 1 saturated heterocycles. The Bertz CT molecular complexity index is 237. The van der Waals surface area contributed by atoms with Crippen molar-refractivity contribution < 1.29 is 14.7 Å². The zero-order valence-corrected chi connectivity index (χ0v) is 9.03. The Hall–Kier alpha value is -1.26. The fraction of sp³-hybridized carbons (Fsp3) is 0.800. The molecule has 0 aromatic carbocycles. The van der Waals surface area contributed by atoms with Gasteiger partial charge in [-0.2, -0.15) is 0 Å². The molecule has 15 heavy (non-hydrogen) atoms. The second-order valence-electron chi connectivity index (χ2n) is 3.80. The van der Waals surface area contributed by atoms with Gasteiger partial charge < -0.3 is 15.3 Å². The highest BCUT2D eigenvalue weighted by Crippen LogP contribution is 2.08. The highest BCUT2D eigenvalue weighted by atomic mass is 16.4. The number of amides is 2. The minimum Gasteiger partial charge on any atom is -0.480 e. The summed E-state index contributed by atoms with van der Waals surface area (Å²) < 4.78 is 0. The molecule has 1 aliphatic rings. The maximum absolute atomic E-state index is 11.6. The van der Waals surface area contributed by atoms with E-state index in [9.17, 15) is 9.59 Å². The van der Waals surface area contributed by atoms with Crippen LogP contribution in [0.15, 0.2) is 0 Å². The van der Waals surface area contributed by atoms with Gasteiger partial charge in [0.1, 0.15) is 6.04 Å². The van der Waals surface area contributed by atoms with E-state index in [2.05, 4.69) is 5.32 Å². The number of carboxylic acid groups (broad SMARTS) is 1. The summed E-state index contributed by atoms with van der Waals surface area (Å²) in [5, 5.41) is 11.3. The molecular weight excluding hydrogens is 196 g/mol. The number of urea groups is 1. The van der Waals surface area contributed by atoms with Crippen molar-refractivity contribution in [1.82, 2.24) is 10.2 Å². The molecular formula is C10H18N2O3. The number of likely N-dealkylation sites (tertiary alicyclic amines) is 1. The lowest BCUT2D eigenvalue weighted by molar-refractivity contribution is -0.139. The number of carbonyl (C=O) groups excluding carboxylic acids is 1. The lowest BCUT2D eigenvalue weighted by Gasteiger charge is -2.28. The van der Waals surface area contributed by atoms with Crippen LogP contribution < -0.4 is 5.32 Å². The molecule has 1 aliphatic heterocycles. The summed E-state index contributed by atoms with van der Waals surface area (Å²) in [6, 6.07) is -1.01. The zero-order valence-electron chi connectivity index (χ0n) is 9.03. The van der Waals surface area contributed by atoms with Crippen molar-refractivity contribution in [2.24, 2.45) is 0 Å². The number of nitrogens with one attached hydrogen (secondary N) is 1.